The number of phenolic OH excluding ortho intramolecular Hbond substituents is 10. The summed E-state index contributed by atoms with van der Waals surface area (Å²) in [5.74, 6) is 4.97. The van der Waals surface area contributed by atoms with Gasteiger partial charge in [0.05, 0.1) is 0 Å². The zero-order valence-corrected chi connectivity index (χ0v) is 72.6. The molecule has 0 radical (unpaired) electrons. The highest BCUT2D eigenvalue weighted by Crippen LogP contribution is 2.50. The Balaban J connectivity index is 0.000000226. The first-order valence-electron chi connectivity index (χ1n) is 42.6. The summed E-state index contributed by atoms with van der Waals surface area (Å²) in [6.45, 7) is 36.6. The Bertz CT molecular complexity index is 4250. The van der Waals surface area contributed by atoms with Gasteiger partial charge in [-0.1, -0.05) is 331 Å². The molecular weight excluding hydrogens is 1420 g/mol. The van der Waals surface area contributed by atoms with E-state index in [1.807, 2.05) is 155 Å². The molecule has 0 bridgehead atoms. The van der Waals surface area contributed by atoms with Crippen molar-refractivity contribution >= 4 is 0 Å². The van der Waals surface area contributed by atoms with Gasteiger partial charge in [0.2, 0.25) is 0 Å². The van der Waals surface area contributed by atoms with Crippen molar-refractivity contribution in [2.45, 2.75) is 267 Å². The largest absolute Gasteiger partial charge is 0.508 e. The number of rotatable bonds is 33. The number of benzene rings is 10. The summed E-state index contributed by atoms with van der Waals surface area (Å²) in [5, 5.41) is 98.3. The predicted octanol–water partition coefficient (Wildman–Crippen LogP) is 28.1. The van der Waals surface area contributed by atoms with Gasteiger partial charge in [0.1, 0.15) is 57.5 Å². The van der Waals surface area contributed by atoms with Gasteiger partial charge in [-0.05, 0) is 212 Å². The van der Waals surface area contributed by atoms with Gasteiger partial charge in [0.25, 0.3) is 0 Å². The van der Waals surface area contributed by atoms with Crippen LogP contribution in [0, 0.1) is 51.4 Å². The van der Waals surface area contributed by atoms with Gasteiger partial charge >= 0.3 is 0 Å². The van der Waals surface area contributed by atoms with E-state index in [2.05, 4.69) is 90.0 Å². The summed E-state index contributed by atoms with van der Waals surface area (Å²) in [5.41, 5.74) is 13.8. The molecule has 0 aliphatic carbocycles. The third-order valence-corrected chi connectivity index (χ3v) is 24.4. The van der Waals surface area contributed by atoms with Crippen LogP contribution in [0.3, 0.4) is 0 Å². The molecule has 10 heteroatoms. The molecule has 0 aliphatic rings. The van der Waals surface area contributed by atoms with E-state index < -0.39 is 5.41 Å². The van der Waals surface area contributed by atoms with Crippen LogP contribution >= 0.6 is 0 Å². The third-order valence-electron chi connectivity index (χ3n) is 24.4. The van der Waals surface area contributed by atoms with Crippen molar-refractivity contribution in [2.75, 3.05) is 0 Å². The molecule has 2 unspecified atom stereocenters. The molecule has 10 aromatic carbocycles. The van der Waals surface area contributed by atoms with Crippen LogP contribution in [0.4, 0.5) is 0 Å². The lowest BCUT2D eigenvalue weighted by molar-refractivity contribution is 0.337. The van der Waals surface area contributed by atoms with Crippen molar-refractivity contribution in [2.24, 2.45) is 23.7 Å². The molecule has 2 atom stereocenters. The predicted molar refractivity (Wildman–Crippen MR) is 480 cm³/mol. The SMILES string of the molecule is CC(C)(c1ccc(O)cc1)c1ccccc1O.CC(C)CC(c1ccc(O)cc1)c1ccc(O)cc1.CCCCCCCCCC(C)C(C)(c1ccc(O)cc1)c1ccc(O)cc1.CCCCCCCCCCCC(C)C(C)(c1ccc(O)cc1)c1ccc(O)cc1.Cc1cc(C)c(O)c(C(C)(c2cc(C)cc(C)c2O)C(C)C)c1. The lowest BCUT2D eigenvalue weighted by atomic mass is 9.66. The van der Waals surface area contributed by atoms with E-state index in [9.17, 15) is 51.1 Å². The number of phenols is 10. The van der Waals surface area contributed by atoms with Crippen LogP contribution in [0.25, 0.3) is 0 Å². The monoisotopic (exact) mass is 1560 g/mol. The molecular formula is C105H140O10. The lowest BCUT2D eigenvalue weighted by Gasteiger charge is -2.37. The van der Waals surface area contributed by atoms with Crippen molar-refractivity contribution in [1.29, 1.82) is 0 Å². The second-order valence-electron chi connectivity index (χ2n) is 34.3. The van der Waals surface area contributed by atoms with E-state index >= 15 is 0 Å². The smallest absolute Gasteiger partial charge is 0.122 e. The van der Waals surface area contributed by atoms with E-state index in [0.29, 0.717) is 63.9 Å². The van der Waals surface area contributed by atoms with Gasteiger partial charge in [-0.25, -0.2) is 0 Å². The number of aromatic hydroxyl groups is 10. The molecule has 620 valence electrons. The van der Waals surface area contributed by atoms with Crippen LogP contribution in [-0.2, 0) is 21.7 Å². The maximum Gasteiger partial charge on any atom is 0.122 e. The Morgan fingerprint density at radius 1 is 0.287 bits per heavy atom. The fourth-order valence-corrected chi connectivity index (χ4v) is 16.3. The summed E-state index contributed by atoms with van der Waals surface area (Å²) in [6, 6.07) is 67.7. The van der Waals surface area contributed by atoms with Gasteiger partial charge in [-0.2, -0.15) is 0 Å². The molecule has 10 N–H and O–H groups in total. The first-order chi connectivity index (χ1) is 54.6. The van der Waals surface area contributed by atoms with Crippen LogP contribution in [0.2, 0.25) is 0 Å². The van der Waals surface area contributed by atoms with Crippen molar-refractivity contribution in [3.8, 4) is 57.5 Å². The number of para-hydroxylation sites is 1. The number of hydrogen-bond acceptors (Lipinski definition) is 10. The number of unbranched alkanes of at least 4 members (excludes halogenated alkanes) is 14. The molecule has 115 heavy (non-hydrogen) atoms. The topological polar surface area (TPSA) is 202 Å². The Hall–Kier alpha value is -9.80. The third kappa shape index (κ3) is 26.9. The van der Waals surface area contributed by atoms with Crippen LogP contribution in [0.15, 0.2) is 218 Å². The lowest BCUT2D eigenvalue weighted by Crippen LogP contribution is -2.31. The van der Waals surface area contributed by atoms with E-state index in [1.165, 1.54) is 149 Å². The number of hydrogen-bond donors (Lipinski definition) is 10. The molecule has 0 amide bonds. The molecule has 10 aromatic rings. The molecule has 0 aromatic heterocycles. The molecule has 10 rings (SSSR count). The van der Waals surface area contributed by atoms with Gasteiger partial charge in [0, 0.05) is 44.3 Å². The van der Waals surface area contributed by atoms with Gasteiger partial charge < -0.3 is 51.1 Å². The fourth-order valence-electron chi connectivity index (χ4n) is 16.3. The Labute approximate surface area is 691 Å². The van der Waals surface area contributed by atoms with E-state index in [-0.39, 0.29) is 39.4 Å². The molecule has 0 spiro atoms. The maximum atomic E-state index is 10.7. The quantitative estimate of drug-likeness (QED) is 0.0176. The fraction of sp³-hybridized carbons (Fsp3) is 0.429. The van der Waals surface area contributed by atoms with E-state index in [4.69, 9.17) is 0 Å². The zero-order chi connectivity index (χ0) is 84.6. The molecule has 0 saturated heterocycles. The van der Waals surface area contributed by atoms with Crippen LogP contribution in [0.5, 0.6) is 57.5 Å². The van der Waals surface area contributed by atoms with Crippen LogP contribution in [0.1, 0.15) is 296 Å². The minimum absolute atomic E-state index is 0.149. The van der Waals surface area contributed by atoms with Crippen molar-refractivity contribution in [3.05, 3.63) is 296 Å². The maximum absolute atomic E-state index is 10.7. The van der Waals surface area contributed by atoms with Crippen molar-refractivity contribution in [1.82, 2.24) is 0 Å². The van der Waals surface area contributed by atoms with Crippen LogP contribution < -0.4 is 0 Å². The second kappa shape index (κ2) is 45.5. The van der Waals surface area contributed by atoms with Crippen molar-refractivity contribution in [3.63, 3.8) is 0 Å². The summed E-state index contributed by atoms with van der Waals surface area (Å²) < 4.78 is 0. The standard InChI is InChI=1S/C27H40O2.C25H36O2.C21H28O2.C17H20O2.C15H16O2/c1-4-5-6-7-8-9-10-11-12-13-22(2)27(3,23-14-18-25(28)19-15-23)24-16-20-26(29)21-17-24;1-4-5-6-7-8-9-10-11-20(2)25(3,21-12-16-23(26)17-13-21)22-14-18-24(27)19-15-22;1-12(2)21(7,17-10-13(3)8-15(5)19(17)22)18-11-14(4)9-16(6)20(18)23;1-12(2)11-17(13-3-7-15(18)8-4-13)14-5-9-16(19)10-6-14;1-15(2,11-7-9-12(16)10-8-11)13-5-3-4-6-14(13)17/h14-22,28-29H,4-13H2,1-3H3;12-20,26-27H,4-11H2,1-3H3;8-12,22-23H,1-7H3;3-10,12,17-19H,11H2,1-2H3;3-10,16-17H,1-2H3. The minimum Gasteiger partial charge on any atom is -0.508 e. The highest BCUT2D eigenvalue weighted by molar-refractivity contribution is 5.57. The molecule has 0 heterocycles. The second-order valence-corrected chi connectivity index (χ2v) is 34.3. The average molecular weight is 1560 g/mol. The molecule has 0 aliphatic heterocycles. The summed E-state index contributed by atoms with van der Waals surface area (Å²) in [6.07, 6.45) is 24.8. The van der Waals surface area contributed by atoms with Crippen LogP contribution in [-0.4, -0.2) is 51.1 Å². The normalized spacial score (nSPS) is 12.2. The first-order valence-corrected chi connectivity index (χ1v) is 42.6. The van der Waals surface area contributed by atoms with Gasteiger partial charge in [0.15, 0.2) is 0 Å². The zero-order valence-electron chi connectivity index (χ0n) is 72.6. The Morgan fingerprint density at radius 3 is 0.835 bits per heavy atom. The van der Waals surface area contributed by atoms with Crippen molar-refractivity contribution < 1.29 is 51.1 Å². The first kappa shape index (κ1) is 94.1. The summed E-state index contributed by atoms with van der Waals surface area (Å²) >= 11 is 0. The van der Waals surface area contributed by atoms with Gasteiger partial charge in [-0.15, -0.1) is 0 Å². The highest BCUT2D eigenvalue weighted by Gasteiger charge is 2.39. The molecule has 10 nitrogen and oxygen atoms in total. The molecule has 0 fully saturated rings. The van der Waals surface area contributed by atoms with E-state index in [1.54, 1.807) is 91.0 Å². The number of aryl methyl sites for hydroxylation is 4. The van der Waals surface area contributed by atoms with Gasteiger partial charge in [-0.3, -0.25) is 0 Å². The Morgan fingerprint density at radius 2 is 0.557 bits per heavy atom. The average Bonchev–Trinajstić information content (AvgIpc) is 0.738. The molecule has 0 saturated carbocycles. The summed E-state index contributed by atoms with van der Waals surface area (Å²) in [4.78, 5) is 0. The summed E-state index contributed by atoms with van der Waals surface area (Å²) in [7, 11) is 0. The van der Waals surface area contributed by atoms with E-state index in [0.717, 1.165) is 50.9 Å². The highest BCUT2D eigenvalue weighted by atomic mass is 16.3. The minimum atomic E-state index is -0.471. The Kier molecular flexibility index (Phi) is 37.2.